The van der Waals surface area contributed by atoms with Crippen LogP contribution in [0.15, 0.2) is 96.6 Å². The van der Waals surface area contributed by atoms with Crippen molar-refractivity contribution in [1.82, 2.24) is 0 Å². The summed E-state index contributed by atoms with van der Waals surface area (Å²) in [7, 11) is -3.99. The second kappa shape index (κ2) is 12.5. The molecule has 0 fully saturated rings. The molecule has 0 saturated heterocycles. The Bertz CT molecular complexity index is 901. The molecule has 0 aliphatic carbocycles. The lowest BCUT2D eigenvalue weighted by atomic mass is 9.99. The fourth-order valence-electron chi connectivity index (χ4n) is 3.01. The molecule has 32 heavy (non-hydrogen) atoms. The van der Waals surface area contributed by atoms with Crippen molar-refractivity contribution < 1.29 is 18.1 Å². The maximum atomic E-state index is 13.7. The van der Waals surface area contributed by atoms with Gasteiger partial charge in [-0.2, -0.15) is 0 Å². The minimum Gasteiger partial charge on any atom is -0.395 e. The molecule has 4 nitrogen and oxygen atoms in total. The predicted octanol–water partition coefficient (Wildman–Crippen LogP) is 8.69. The van der Waals surface area contributed by atoms with E-state index >= 15 is 0 Å². The Morgan fingerprint density at radius 1 is 0.906 bits per heavy atom. The highest BCUT2D eigenvalue weighted by atomic mass is 31.2. The zero-order valence-corrected chi connectivity index (χ0v) is 20.5. The highest BCUT2D eigenvalue weighted by Gasteiger charge is 2.39. The molecule has 0 N–H and O–H groups in total. The van der Waals surface area contributed by atoms with Crippen molar-refractivity contribution in [3.8, 4) is 11.5 Å². The normalized spacial score (nSPS) is 13.7. The minimum absolute atomic E-state index is 0.410. The summed E-state index contributed by atoms with van der Waals surface area (Å²) in [6, 6.07) is 17.8. The summed E-state index contributed by atoms with van der Waals surface area (Å²) in [6.45, 7) is 12.1. The molecule has 0 aromatic heterocycles. The minimum atomic E-state index is -3.99. The van der Waals surface area contributed by atoms with Gasteiger partial charge < -0.3 is 9.05 Å². The molecular weight excluding hydrogens is 419 g/mol. The molecule has 0 aliphatic heterocycles. The van der Waals surface area contributed by atoms with Gasteiger partial charge >= 0.3 is 7.82 Å². The summed E-state index contributed by atoms with van der Waals surface area (Å²) < 4.78 is 31.2. The lowest BCUT2D eigenvalue weighted by Gasteiger charge is -2.30. The molecule has 2 aromatic carbocycles. The van der Waals surface area contributed by atoms with E-state index < -0.39 is 13.4 Å². The SMILES string of the molecule is C=CC(C)(CCC=C(C)CCC=C(C)C)OP(=O)(Oc1ccccc1)Oc1ccccc1. The molecular formula is C27H35O4P. The van der Waals surface area contributed by atoms with Gasteiger partial charge in [-0.15, -0.1) is 6.58 Å². The average molecular weight is 455 g/mol. The van der Waals surface area contributed by atoms with Gasteiger partial charge in [0, 0.05) is 0 Å². The van der Waals surface area contributed by atoms with Crippen molar-refractivity contribution in [3.63, 3.8) is 0 Å². The molecule has 0 amide bonds. The van der Waals surface area contributed by atoms with E-state index in [1.807, 2.05) is 19.1 Å². The highest BCUT2D eigenvalue weighted by Crippen LogP contribution is 2.53. The summed E-state index contributed by atoms with van der Waals surface area (Å²) in [4.78, 5) is 0. The number of rotatable bonds is 13. The van der Waals surface area contributed by atoms with Gasteiger partial charge in [-0.05, 0) is 77.6 Å². The van der Waals surface area contributed by atoms with E-state index in [2.05, 4.69) is 39.5 Å². The van der Waals surface area contributed by atoms with Crippen LogP contribution in [0.5, 0.6) is 11.5 Å². The van der Waals surface area contributed by atoms with Gasteiger partial charge in [0.2, 0.25) is 0 Å². The van der Waals surface area contributed by atoms with Gasteiger partial charge in [0.15, 0.2) is 0 Å². The van der Waals surface area contributed by atoms with Crippen molar-refractivity contribution in [2.75, 3.05) is 0 Å². The Kier molecular flexibility index (Phi) is 10.0. The monoisotopic (exact) mass is 454 g/mol. The van der Waals surface area contributed by atoms with E-state index in [-0.39, 0.29) is 0 Å². The Morgan fingerprint density at radius 3 is 1.91 bits per heavy atom. The summed E-state index contributed by atoms with van der Waals surface area (Å²) >= 11 is 0. The molecule has 172 valence electrons. The molecule has 0 spiro atoms. The van der Waals surface area contributed by atoms with Crippen molar-refractivity contribution in [2.45, 2.75) is 59.0 Å². The Morgan fingerprint density at radius 2 is 1.44 bits per heavy atom. The summed E-state index contributed by atoms with van der Waals surface area (Å²) in [6.07, 6.45) is 9.51. The Balaban J connectivity index is 2.12. The highest BCUT2D eigenvalue weighted by molar-refractivity contribution is 7.49. The second-order valence-electron chi connectivity index (χ2n) is 8.27. The molecule has 0 heterocycles. The smallest absolute Gasteiger partial charge is 0.395 e. The van der Waals surface area contributed by atoms with Gasteiger partial charge in [-0.1, -0.05) is 65.8 Å². The van der Waals surface area contributed by atoms with Crippen LogP contribution >= 0.6 is 7.82 Å². The van der Waals surface area contributed by atoms with Gasteiger partial charge in [0.05, 0.1) is 5.60 Å². The molecule has 2 rings (SSSR count). The summed E-state index contributed by atoms with van der Waals surface area (Å²) in [5.41, 5.74) is 1.76. The fourth-order valence-corrected chi connectivity index (χ4v) is 4.56. The molecule has 2 aromatic rings. The van der Waals surface area contributed by atoms with E-state index in [0.29, 0.717) is 17.9 Å². The number of phosphoric ester groups is 1. The van der Waals surface area contributed by atoms with Crippen LogP contribution in [0, 0.1) is 0 Å². The van der Waals surface area contributed by atoms with Gasteiger partial charge in [0.1, 0.15) is 11.5 Å². The first-order valence-corrected chi connectivity index (χ1v) is 12.4. The van der Waals surface area contributed by atoms with Crippen LogP contribution in [0.2, 0.25) is 0 Å². The van der Waals surface area contributed by atoms with Crippen molar-refractivity contribution in [3.05, 3.63) is 96.6 Å². The molecule has 0 aliphatic rings. The largest absolute Gasteiger partial charge is 0.588 e. The van der Waals surface area contributed by atoms with Crippen LogP contribution in [0.1, 0.15) is 53.4 Å². The first-order valence-electron chi connectivity index (χ1n) is 11.0. The number of phosphoric acid groups is 1. The summed E-state index contributed by atoms with van der Waals surface area (Å²) in [5, 5.41) is 0. The van der Waals surface area contributed by atoms with E-state index in [4.69, 9.17) is 13.6 Å². The first kappa shape index (κ1) is 25.7. The third-order valence-electron chi connectivity index (χ3n) is 4.90. The predicted molar refractivity (Wildman–Crippen MR) is 133 cm³/mol. The maximum Gasteiger partial charge on any atom is 0.588 e. The van der Waals surface area contributed by atoms with Crippen LogP contribution in [-0.4, -0.2) is 5.60 Å². The van der Waals surface area contributed by atoms with Crippen molar-refractivity contribution in [2.24, 2.45) is 0 Å². The lowest BCUT2D eigenvalue weighted by molar-refractivity contribution is 0.0897. The molecule has 0 saturated carbocycles. The maximum absolute atomic E-state index is 13.7. The van der Waals surface area contributed by atoms with Crippen LogP contribution < -0.4 is 9.05 Å². The van der Waals surface area contributed by atoms with Gasteiger partial charge in [-0.3, -0.25) is 4.52 Å². The van der Waals surface area contributed by atoms with E-state index in [0.717, 1.165) is 19.3 Å². The van der Waals surface area contributed by atoms with Crippen LogP contribution in [0.3, 0.4) is 0 Å². The number of benzene rings is 2. The Labute approximate surface area is 193 Å². The van der Waals surface area contributed by atoms with E-state index in [1.165, 1.54) is 11.1 Å². The Hall–Kier alpha value is -2.55. The zero-order valence-electron chi connectivity index (χ0n) is 19.6. The molecule has 1 unspecified atom stereocenters. The third kappa shape index (κ3) is 9.30. The second-order valence-corrected chi connectivity index (χ2v) is 9.72. The number of hydrogen-bond acceptors (Lipinski definition) is 4. The van der Waals surface area contributed by atoms with E-state index in [9.17, 15) is 4.57 Å². The van der Waals surface area contributed by atoms with Gasteiger partial charge in [-0.25, -0.2) is 4.57 Å². The van der Waals surface area contributed by atoms with Crippen LogP contribution in [0.4, 0.5) is 0 Å². The third-order valence-corrected chi connectivity index (χ3v) is 6.41. The molecule has 0 radical (unpaired) electrons. The number of hydrogen-bond donors (Lipinski definition) is 0. The lowest BCUT2D eigenvalue weighted by Crippen LogP contribution is -2.26. The van der Waals surface area contributed by atoms with Crippen LogP contribution in [0.25, 0.3) is 0 Å². The number of allylic oxidation sites excluding steroid dienone is 4. The average Bonchev–Trinajstić information content (AvgIpc) is 2.74. The molecule has 1 atom stereocenters. The molecule has 5 heteroatoms. The quantitative estimate of drug-likeness (QED) is 0.224. The van der Waals surface area contributed by atoms with Crippen LogP contribution in [-0.2, 0) is 9.09 Å². The number of para-hydroxylation sites is 2. The van der Waals surface area contributed by atoms with E-state index in [1.54, 1.807) is 54.6 Å². The van der Waals surface area contributed by atoms with Crippen molar-refractivity contribution >= 4 is 7.82 Å². The summed E-state index contributed by atoms with van der Waals surface area (Å²) in [5.74, 6) is 0.821. The zero-order chi connectivity index (χ0) is 23.5. The fraction of sp³-hybridized carbons (Fsp3) is 0.333. The standard InChI is InChI=1S/C27H35O4P/c1-6-27(5,22-14-17-24(4)16-13-15-23(2)3)31-32(28,29-25-18-9-7-10-19-25)30-26-20-11-8-12-21-26/h6-12,15,17-21H,1,13-14,16,22H2,2-5H3. The molecule has 0 bridgehead atoms. The van der Waals surface area contributed by atoms with Crippen molar-refractivity contribution in [1.29, 1.82) is 0 Å². The topological polar surface area (TPSA) is 44.8 Å². The van der Waals surface area contributed by atoms with Gasteiger partial charge in [0.25, 0.3) is 0 Å². The first-order chi connectivity index (χ1) is 15.2.